The summed E-state index contributed by atoms with van der Waals surface area (Å²) in [7, 11) is 0. The summed E-state index contributed by atoms with van der Waals surface area (Å²) in [6.07, 6.45) is 1.86. The Morgan fingerprint density at radius 2 is 2.22 bits per heavy atom. The molecule has 7 nitrogen and oxygen atoms in total. The van der Waals surface area contributed by atoms with Crippen LogP contribution in [0.5, 0.6) is 0 Å². The largest absolute Gasteiger partial charge is 0.354 e. The minimum absolute atomic E-state index is 0.318. The molecule has 0 saturated carbocycles. The first-order valence-corrected chi connectivity index (χ1v) is 8.65. The topological polar surface area (TPSA) is 71.2 Å². The summed E-state index contributed by atoms with van der Waals surface area (Å²) in [4.78, 5) is 6.64. The van der Waals surface area contributed by atoms with E-state index in [9.17, 15) is 0 Å². The fourth-order valence-corrected chi connectivity index (χ4v) is 3.49. The van der Waals surface area contributed by atoms with Crippen LogP contribution in [0.3, 0.4) is 0 Å². The molecule has 1 saturated heterocycles. The molecule has 4 heterocycles. The second-order valence-corrected chi connectivity index (χ2v) is 6.91. The van der Waals surface area contributed by atoms with Gasteiger partial charge < -0.3 is 10.2 Å². The van der Waals surface area contributed by atoms with E-state index in [1.54, 1.807) is 15.9 Å². The van der Waals surface area contributed by atoms with E-state index in [0.29, 0.717) is 12.0 Å². The Balaban J connectivity index is 1.32. The monoisotopic (exact) mass is 329 g/mol. The van der Waals surface area contributed by atoms with Crippen molar-refractivity contribution in [3.05, 3.63) is 34.5 Å². The molecule has 1 unspecified atom stereocenters. The van der Waals surface area contributed by atoms with Crippen molar-refractivity contribution in [3.8, 4) is 0 Å². The summed E-state index contributed by atoms with van der Waals surface area (Å²) in [6, 6.07) is 4.31. The van der Waals surface area contributed by atoms with Gasteiger partial charge in [0.25, 0.3) is 0 Å². The lowest BCUT2D eigenvalue weighted by molar-refractivity contribution is 0.365. The maximum absolute atomic E-state index is 4.62. The van der Waals surface area contributed by atoms with E-state index in [4.69, 9.17) is 0 Å². The first-order valence-electron chi connectivity index (χ1n) is 7.77. The fourth-order valence-electron chi connectivity index (χ4n) is 2.82. The zero-order valence-electron chi connectivity index (χ0n) is 13.2. The minimum Gasteiger partial charge on any atom is -0.354 e. The van der Waals surface area contributed by atoms with Crippen molar-refractivity contribution in [2.45, 2.75) is 19.9 Å². The lowest BCUT2D eigenvalue weighted by atomic mass is 10.00. The predicted molar refractivity (Wildman–Crippen MR) is 89.8 cm³/mol. The van der Waals surface area contributed by atoms with Gasteiger partial charge in [-0.15, -0.1) is 26.6 Å². The average Bonchev–Trinajstić information content (AvgIpc) is 3.16. The van der Waals surface area contributed by atoms with Gasteiger partial charge in [-0.2, -0.15) is 4.52 Å². The van der Waals surface area contributed by atoms with Crippen LogP contribution in [-0.2, 0) is 0 Å². The number of nitrogens with one attached hydrogen (secondary N) is 1. The molecule has 0 bridgehead atoms. The third kappa shape index (κ3) is 2.79. The van der Waals surface area contributed by atoms with Crippen LogP contribution in [0, 0.1) is 12.8 Å². The van der Waals surface area contributed by atoms with Crippen molar-refractivity contribution in [2.75, 3.05) is 24.5 Å². The Bertz CT molecular complexity index is 791. The molecule has 0 aromatic carbocycles. The zero-order chi connectivity index (χ0) is 15.8. The smallest absolute Gasteiger partial charge is 0.178 e. The maximum Gasteiger partial charge on any atom is 0.178 e. The van der Waals surface area contributed by atoms with Gasteiger partial charge in [0.15, 0.2) is 11.5 Å². The van der Waals surface area contributed by atoms with Crippen LogP contribution in [0.4, 0.5) is 5.82 Å². The number of hydrogen-bond acceptors (Lipinski definition) is 7. The van der Waals surface area contributed by atoms with E-state index in [0.717, 1.165) is 41.9 Å². The number of thiazole rings is 1. The highest BCUT2D eigenvalue weighted by Gasteiger charge is 2.28. The number of aryl methyl sites for hydroxylation is 1. The molecule has 0 spiro atoms. The number of nitrogens with zero attached hydrogens (tertiary/aromatic N) is 6. The molecule has 3 aromatic rings. The number of fused-ring (bicyclic) bond motifs is 1. The standard InChI is InChI=1S/C15H19N7S/c1-10(15-16-5-6-23-15)17-7-12-8-21(9-12)14-4-3-13-19-18-11(2)22(13)20-14/h3-6,10,12,17H,7-9H2,1-2H3. The number of rotatable bonds is 5. The molecule has 3 aromatic heterocycles. The van der Waals surface area contributed by atoms with Crippen LogP contribution in [0.15, 0.2) is 23.7 Å². The third-order valence-electron chi connectivity index (χ3n) is 4.22. The minimum atomic E-state index is 0.318. The molecule has 1 fully saturated rings. The highest BCUT2D eigenvalue weighted by molar-refractivity contribution is 7.09. The van der Waals surface area contributed by atoms with Crippen LogP contribution < -0.4 is 10.2 Å². The third-order valence-corrected chi connectivity index (χ3v) is 5.18. The van der Waals surface area contributed by atoms with E-state index < -0.39 is 0 Å². The van der Waals surface area contributed by atoms with Gasteiger partial charge in [-0.1, -0.05) is 0 Å². The van der Waals surface area contributed by atoms with Crippen molar-refractivity contribution in [1.82, 2.24) is 30.1 Å². The van der Waals surface area contributed by atoms with E-state index in [-0.39, 0.29) is 0 Å². The first-order chi connectivity index (χ1) is 11.2. The first kappa shape index (κ1) is 14.5. The summed E-state index contributed by atoms with van der Waals surface area (Å²) in [6.45, 7) is 7.14. The Hall–Kier alpha value is -2.06. The highest BCUT2D eigenvalue weighted by atomic mass is 32.1. The number of aromatic nitrogens is 5. The molecular formula is C15H19N7S. The Labute approximate surface area is 138 Å². The summed E-state index contributed by atoms with van der Waals surface area (Å²) in [5, 5.41) is 19.5. The van der Waals surface area contributed by atoms with Gasteiger partial charge >= 0.3 is 0 Å². The summed E-state index contributed by atoms with van der Waals surface area (Å²) < 4.78 is 1.80. The lowest BCUT2D eigenvalue weighted by Gasteiger charge is -2.40. The van der Waals surface area contributed by atoms with Gasteiger partial charge in [0, 0.05) is 37.1 Å². The molecule has 23 heavy (non-hydrogen) atoms. The quantitative estimate of drug-likeness (QED) is 0.768. The van der Waals surface area contributed by atoms with E-state index in [1.165, 1.54) is 0 Å². The number of anilines is 1. The second-order valence-electron chi connectivity index (χ2n) is 5.98. The van der Waals surface area contributed by atoms with E-state index >= 15 is 0 Å². The van der Waals surface area contributed by atoms with E-state index in [1.807, 2.05) is 30.6 Å². The molecule has 1 aliphatic rings. The lowest BCUT2D eigenvalue weighted by Crippen LogP contribution is -2.51. The van der Waals surface area contributed by atoms with Gasteiger partial charge in [0.2, 0.25) is 0 Å². The molecule has 1 atom stereocenters. The summed E-state index contributed by atoms with van der Waals surface area (Å²) in [5.41, 5.74) is 0.794. The Morgan fingerprint density at radius 1 is 1.35 bits per heavy atom. The van der Waals surface area contributed by atoms with Crippen molar-refractivity contribution in [1.29, 1.82) is 0 Å². The van der Waals surface area contributed by atoms with E-state index in [2.05, 4.69) is 37.4 Å². The SMILES string of the molecule is Cc1nnc2ccc(N3CC(CNC(C)c4nccs4)C3)nn12. The van der Waals surface area contributed by atoms with Crippen LogP contribution in [0.25, 0.3) is 5.65 Å². The average molecular weight is 329 g/mol. The molecule has 120 valence electrons. The predicted octanol–water partition coefficient (Wildman–Crippen LogP) is 1.68. The zero-order valence-corrected chi connectivity index (χ0v) is 14.0. The van der Waals surface area contributed by atoms with Gasteiger partial charge in [0.1, 0.15) is 10.8 Å². The Morgan fingerprint density at radius 3 is 3.00 bits per heavy atom. The van der Waals surface area contributed by atoms with Gasteiger partial charge in [-0.3, -0.25) is 0 Å². The molecule has 1 N–H and O–H groups in total. The van der Waals surface area contributed by atoms with Crippen molar-refractivity contribution in [2.24, 2.45) is 5.92 Å². The number of hydrogen-bond donors (Lipinski definition) is 1. The van der Waals surface area contributed by atoms with Crippen molar-refractivity contribution >= 4 is 22.8 Å². The van der Waals surface area contributed by atoms with Gasteiger partial charge in [0.05, 0.1) is 6.04 Å². The van der Waals surface area contributed by atoms with Crippen molar-refractivity contribution < 1.29 is 0 Å². The Kier molecular flexibility index (Phi) is 3.70. The molecule has 8 heteroatoms. The molecule has 0 radical (unpaired) electrons. The van der Waals surface area contributed by atoms with Crippen LogP contribution in [0.2, 0.25) is 0 Å². The second kappa shape index (κ2) is 5.86. The van der Waals surface area contributed by atoms with Crippen LogP contribution in [0.1, 0.15) is 23.8 Å². The maximum atomic E-state index is 4.62. The highest BCUT2D eigenvalue weighted by Crippen LogP contribution is 2.23. The van der Waals surface area contributed by atoms with Crippen molar-refractivity contribution in [3.63, 3.8) is 0 Å². The fraction of sp³-hybridized carbons (Fsp3) is 0.467. The normalized spacial score (nSPS) is 16.7. The molecule has 0 aliphatic carbocycles. The molecule has 4 rings (SSSR count). The van der Waals surface area contributed by atoms with Gasteiger partial charge in [-0.25, -0.2) is 4.98 Å². The molecule has 1 aliphatic heterocycles. The molecular weight excluding hydrogens is 310 g/mol. The summed E-state index contributed by atoms with van der Waals surface area (Å²) in [5.74, 6) is 2.46. The van der Waals surface area contributed by atoms with Crippen LogP contribution in [-0.4, -0.2) is 44.4 Å². The van der Waals surface area contributed by atoms with Gasteiger partial charge in [-0.05, 0) is 26.0 Å². The van der Waals surface area contributed by atoms with Crippen LogP contribution >= 0.6 is 11.3 Å². The summed E-state index contributed by atoms with van der Waals surface area (Å²) >= 11 is 1.70. The molecule has 0 amide bonds.